The first-order valence-electron chi connectivity index (χ1n) is 13.1. The van der Waals surface area contributed by atoms with E-state index < -0.39 is 11.7 Å². The molecule has 9 heteroatoms. The number of likely N-dealkylation sites (N-methyl/N-ethyl adjacent to an activating group) is 1. The maximum atomic E-state index is 12.2. The fourth-order valence-corrected chi connectivity index (χ4v) is 4.37. The molecule has 1 heterocycles. The zero-order valence-electron chi connectivity index (χ0n) is 24.1. The highest BCUT2D eigenvalue weighted by atomic mass is 32.1. The number of carbonyl (C=O) groups excluding carboxylic acids is 2. The van der Waals surface area contributed by atoms with Crippen molar-refractivity contribution in [2.75, 3.05) is 39.0 Å². The highest BCUT2D eigenvalue weighted by Crippen LogP contribution is 2.26. The summed E-state index contributed by atoms with van der Waals surface area (Å²) in [7, 11) is 3.97. The van der Waals surface area contributed by atoms with Crippen molar-refractivity contribution in [3.8, 4) is 11.3 Å². The summed E-state index contributed by atoms with van der Waals surface area (Å²) in [6, 6.07) is 8.07. The Morgan fingerprint density at radius 1 is 1.29 bits per heavy atom. The Morgan fingerprint density at radius 2 is 2.03 bits per heavy atom. The summed E-state index contributed by atoms with van der Waals surface area (Å²) in [6.45, 7) is 13.7. The topological polar surface area (TPSA) is 95.9 Å². The molecular weight excluding hydrogens is 498 g/mol. The van der Waals surface area contributed by atoms with Crippen LogP contribution in [0.5, 0.6) is 0 Å². The fourth-order valence-electron chi connectivity index (χ4n) is 3.64. The van der Waals surface area contributed by atoms with Crippen molar-refractivity contribution in [3.05, 3.63) is 46.9 Å². The van der Waals surface area contributed by atoms with Gasteiger partial charge in [0.1, 0.15) is 12.1 Å². The molecule has 1 atom stereocenters. The predicted molar refractivity (Wildman–Crippen MR) is 158 cm³/mol. The lowest BCUT2D eigenvalue weighted by atomic mass is 10.0. The average Bonchev–Trinajstić information content (AvgIpc) is 3.32. The van der Waals surface area contributed by atoms with Gasteiger partial charge in [0.25, 0.3) is 0 Å². The SMILES string of the molecule is CCC(C)CCN(C)C/C(C)=C/C(=NC)c1cccc(-c2csc(NC(=O)CNC(=O)OC(C)(C)C)n2)c1. The molecule has 2 amide bonds. The first-order chi connectivity index (χ1) is 17.9. The number of aromatic nitrogens is 1. The molecule has 0 radical (unpaired) electrons. The zero-order valence-corrected chi connectivity index (χ0v) is 24.9. The molecule has 0 bridgehead atoms. The van der Waals surface area contributed by atoms with Gasteiger partial charge in [0.2, 0.25) is 5.91 Å². The van der Waals surface area contributed by atoms with Crippen molar-refractivity contribution in [2.45, 2.75) is 60.0 Å². The maximum Gasteiger partial charge on any atom is 0.408 e. The van der Waals surface area contributed by atoms with E-state index in [1.165, 1.54) is 29.8 Å². The minimum atomic E-state index is -0.639. The van der Waals surface area contributed by atoms with E-state index in [-0.39, 0.29) is 12.5 Å². The summed E-state index contributed by atoms with van der Waals surface area (Å²) in [5, 5.41) is 7.53. The zero-order chi connectivity index (χ0) is 28.3. The first-order valence-corrected chi connectivity index (χ1v) is 13.9. The van der Waals surface area contributed by atoms with Crippen molar-refractivity contribution in [3.63, 3.8) is 0 Å². The molecule has 0 saturated heterocycles. The lowest BCUT2D eigenvalue weighted by molar-refractivity contribution is -0.115. The van der Waals surface area contributed by atoms with Crippen LogP contribution in [0.2, 0.25) is 0 Å². The highest BCUT2D eigenvalue weighted by molar-refractivity contribution is 7.14. The smallest absolute Gasteiger partial charge is 0.408 e. The summed E-state index contributed by atoms with van der Waals surface area (Å²) in [4.78, 5) is 35.4. The third-order valence-electron chi connectivity index (χ3n) is 5.84. The number of carbonyl (C=O) groups is 2. The van der Waals surface area contributed by atoms with Crippen molar-refractivity contribution in [1.82, 2.24) is 15.2 Å². The van der Waals surface area contributed by atoms with E-state index in [1.54, 1.807) is 27.8 Å². The number of nitrogens with zero attached hydrogens (tertiary/aromatic N) is 3. The Balaban J connectivity index is 2.01. The maximum absolute atomic E-state index is 12.2. The molecule has 2 N–H and O–H groups in total. The predicted octanol–water partition coefficient (Wildman–Crippen LogP) is 6.01. The van der Waals surface area contributed by atoms with Gasteiger partial charge in [-0.2, -0.15) is 0 Å². The number of benzene rings is 1. The van der Waals surface area contributed by atoms with Crippen LogP contribution in [0.3, 0.4) is 0 Å². The lowest BCUT2D eigenvalue weighted by Gasteiger charge is -2.19. The fraction of sp³-hybridized carbons (Fsp3) is 0.517. The number of amides is 2. The summed E-state index contributed by atoms with van der Waals surface area (Å²) in [6.07, 6.45) is 3.92. The van der Waals surface area contributed by atoms with Crippen molar-refractivity contribution in [1.29, 1.82) is 0 Å². The number of aliphatic imine (C=N–C) groups is 1. The summed E-state index contributed by atoms with van der Waals surface area (Å²) in [5.74, 6) is 0.367. The molecule has 1 aromatic heterocycles. The number of allylic oxidation sites excluding steroid dienone is 1. The molecule has 2 aromatic rings. The van der Waals surface area contributed by atoms with Crippen LogP contribution in [0, 0.1) is 5.92 Å². The Morgan fingerprint density at radius 3 is 2.68 bits per heavy atom. The van der Waals surface area contributed by atoms with E-state index in [9.17, 15) is 9.59 Å². The average molecular weight is 542 g/mol. The number of nitrogens with one attached hydrogen (secondary N) is 2. The lowest BCUT2D eigenvalue weighted by Crippen LogP contribution is -2.37. The first kappa shape index (κ1) is 31.2. The number of alkyl carbamates (subject to hydrolysis) is 1. The van der Waals surface area contributed by atoms with Gasteiger partial charge in [-0.15, -0.1) is 11.3 Å². The molecular formula is C29H43N5O3S. The van der Waals surface area contributed by atoms with Gasteiger partial charge in [0.15, 0.2) is 5.13 Å². The number of anilines is 1. The normalized spacial score (nSPS) is 13.4. The molecule has 2 rings (SSSR count). The number of hydrogen-bond acceptors (Lipinski definition) is 7. The molecule has 38 heavy (non-hydrogen) atoms. The third-order valence-corrected chi connectivity index (χ3v) is 6.60. The van der Waals surface area contributed by atoms with Gasteiger partial charge < -0.3 is 20.3 Å². The molecule has 0 aliphatic rings. The van der Waals surface area contributed by atoms with Gasteiger partial charge in [-0.3, -0.25) is 9.79 Å². The molecule has 0 fully saturated rings. The van der Waals surface area contributed by atoms with Gasteiger partial charge in [0.05, 0.1) is 11.4 Å². The van der Waals surface area contributed by atoms with Gasteiger partial charge in [-0.1, -0.05) is 44.0 Å². The molecule has 1 aromatic carbocycles. The number of hydrogen-bond donors (Lipinski definition) is 2. The van der Waals surface area contributed by atoms with Crippen LogP contribution in [-0.4, -0.2) is 66.9 Å². The Labute approximate surface area is 231 Å². The highest BCUT2D eigenvalue weighted by Gasteiger charge is 2.17. The van der Waals surface area contributed by atoms with Crippen LogP contribution < -0.4 is 10.6 Å². The van der Waals surface area contributed by atoms with E-state index in [1.807, 2.05) is 23.6 Å². The Hall–Kier alpha value is -3.04. The van der Waals surface area contributed by atoms with Crippen LogP contribution in [-0.2, 0) is 9.53 Å². The summed E-state index contributed by atoms with van der Waals surface area (Å²) < 4.78 is 5.15. The second kappa shape index (κ2) is 14.8. The molecule has 0 aliphatic carbocycles. The molecule has 0 aliphatic heterocycles. The minimum Gasteiger partial charge on any atom is -0.444 e. The summed E-state index contributed by atoms with van der Waals surface area (Å²) in [5.41, 5.74) is 4.24. The van der Waals surface area contributed by atoms with Crippen molar-refractivity contribution in [2.24, 2.45) is 10.9 Å². The van der Waals surface area contributed by atoms with Gasteiger partial charge >= 0.3 is 6.09 Å². The monoisotopic (exact) mass is 541 g/mol. The van der Waals surface area contributed by atoms with E-state index in [2.05, 4.69) is 65.5 Å². The molecule has 0 saturated carbocycles. The Kier molecular flexibility index (Phi) is 12.1. The second-order valence-electron chi connectivity index (χ2n) is 10.7. The van der Waals surface area contributed by atoms with Crippen LogP contribution >= 0.6 is 11.3 Å². The van der Waals surface area contributed by atoms with Gasteiger partial charge in [-0.05, 0) is 65.8 Å². The number of rotatable bonds is 12. The second-order valence-corrected chi connectivity index (χ2v) is 11.5. The summed E-state index contributed by atoms with van der Waals surface area (Å²) >= 11 is 1.33. The third kappa shape index (κ3) is 11.1. The quantitative estimate of drug-likeness (QED) is 0.321. The Bertz CT molecular complexity index is 1130. The van der Waals surface area contributed by atoms with Gasteiger partial charge in [-0.25, -0.2) is 9.78 Å². The molecule has 8 nitrogen and oxygen atoms in total. The minimum absolute atomic E-state index is 0.200. The van der Waals surface area contributed by atoms with E-state index in [0.717, 1.165) is 41.5 Å². The standard InChI is InChI=1S/C29H43N5O3S/c1-9-20(2)13-14-34(8)18-21(3)15-24(30-7)22-11-10-12-23(16-22)25-19-38-27(32-25)33-26(35)17-31-28(36)37-29(4,5)6/h10-12,15-16,19-20H,9,13-14,17-18H2,1-8H3,(H,31,36)(H,32,33,35)/b21-15+,30-24?. The van der Waals surface area contributed by atoms with Crippen molar-refractivity contribution >= 4 is 34.2 Å². The molecule has 208 valence electrons. The number of ether oxygens (including phenoxy) is 1. The molecule has 1 unspecified atom stereocenters. The van der Waals surface area contributed by atoms with Crippen LogP contribution in [0.4, 0.5) is 9.93 Å². The van der Waals surface area contributed by atoms with Crippen molar-refractivity contribution < 1.29 is 14.3 Å². The molecule has 0 spiro atoms. The van der Waals surface area contributed by atoms with Crippen LogP contribution in [0.25, 0.3) is 11.3 Å². The van der Waals surface area contributed by atoms with E-state index >= 15 is 0 Å². The van der Waals surface area contributed by atoms with E-state index in [4.69, 9.17) is 4.74 Å². The van der Waals surface area contributed by atoms with Crippen LogP contribution in [0.1, 0.15) is 59.9 Å². The van der Waals surface area contributed by atoms with Gasteiger partial charge in [0, 0.05) is 30.1 Å². The largest absolute Gasteiger partial charge is 0.444 e. The number of thiazole rings is 1. The van der Waals surface area contributed by atoms with Crippen LogP contribution in [0.15, 0.2) is 46.3 Å². The van der Waals surface area contributed by atoms with E-state index in [0.29, 0.717) is 5.13 Å².